The minimum atomic E-state index is -1.25. The highest BCUT2D eigenvalue weighted by Crippen LogP contribution is 2.64. The Kier molecular flexibility index (Phi) is 6.78. The third-order valence-corrected chi connectivity index (χ3v) is 10.8. The Labute approximate surface area is 265 Å². The Morgan fingerprint density at radius 3 is 2.29 bits per heavy atom. The summed E-state index contributed by atoms with van der Waals surface area (Å²) in [7, 11) is 0. The van der Waals surface area contributed by atoms with E-state index in [1.807, 2.05) is 48.5 Å². The molecule has 2 aliphatic carbocycles. The summed E-state index contributed by atoms with van der Waals surface area (Å²) in [6.07, 6.45) is 2.56. The third-order valence-electron chi connectivity index (χ3n) is 10.6. The topological polar surface area (TPSA) is 95.0 Å². The van der Waals surface area contributed by atoms with Crippen LogP contribution in [0.25, 0.3) is 0 Å². The number of hydrogen-bond donors (Lipinski definition) is 1. The van der Waals surface area contributed by atoms with Crippen LogP contribution in [0.1, 0.15) is 47.9 Å². The largest absolute Gasteiger partial charge is 0.507 e. The number of likely N-dealkylation sites (tertiary alicyclic amines) is 1. The predicted molar refractivity (Wildman–Crippen MR) is 166 cm³/mol. The maximum Gasteiger partial charge on any atom is 0.241 e. The van der Waals surface area contributed by atoms with Crippen LogP contribution in [0.4, 0.5) is 10.1 Å². The zero-order chi connectivity index (χ0) is 31.9. The van der Waals surface area contributed by atoms with Crippen molar-refractivity contribution in [3.63, 3.8) is 0 Å². The van der Waals surface area contributed by atoms with E-state index >= 15 is 0 Å². The quantitative estimate of drug-likeness (QED) is 0.274. The minimum absolute atomic E-state index is 0.148. The van der Waals surface area contributed by atoms with Crippen LogP contribution < -0.4 is 4.90 Å². The normalized spacial score (nSPS) is 29.1. The Bertz CT molecular complexity index is 1820. The molecule has 1 saturated carbocycles. The molecule has 0 bridgehead atoms. The molecule has 0 aromatic heterocycles. The van der Waals surface area contributed by atoms with Crippen molar-refractivity contribution < 1.29 is 28.7 Å². The van der Waals surface area contributed by atoms with Crippen LogP contribution >= 0.6 is 11.6 Å². The van der Waals surface area contributed by atoms with E-state index in [1.165, 1.54) is 17.0 Å². The summed E-state index contributed by atoms with van der Waals surface area (Å²) < 4.78 is 14.1. The first-order valence-electron chi connectivity index (χ1n) is 15.2. The number of imide groups is 2. The van der Waals surface area contributed by atoms with Crippen molar-refractivity contribution in [3.05, 3.63) is 105 Å². The molecule has 2 heterocycles. The summed E-state index contributed by atoms with van der Waals surface area (Å²) in [6.45, 7) is 5.53. The highest BCUT2D eigenvalue weighted by atomic mass is 35.5. The Hall–Kier alpha value is -4.30. The number of amides is 4. The Balaban J connectivity index is 1.36. The van der Waals surface area contributed by atoms with Crippen LogP contribution in [-0.4, -0.2) is 33.6 Å². The molecule has 2 saturated heterocycles. The van der Waals surface area contributed by atoms with Gasteiger partial charge in [-0.1, -0.05) is 65.7 Å². The first-order chi connectivity index (χ1) is 21.4. The fourth-order valence-electron chi connectivity index (χ4n) is 8.41. The second kappa shape index (κ2) is 10.4. The number of nitrogens with zero attached hydrogens (tertiary/aromatic N) is 2. The van der Waals surface area contributed by atoms with Crippen molar-refractivity contribution in [1.82, 2.24) is 4.90 Å². The molecule has 7 rings (SSSR count). The lowest BCUT2D eigenvalue weighted by Crippen LogP contribution is -2.48. The average Bonchev–Trinajstić information content (AvgIpc) is 3.37. The lowest BCUT2D eigenvalue weighted by atomic mass is 9.51. The van der Waals surface area contributed by atoms with Gasteiger partial charge >= 0.3 is 0 Å². The molecule has 6 unspecified atom stereocenters. The molecule has 4 amide bonds. The smallest absolute Gasteiger partial charge is 0.241 e. The molecule has 3 aromatic rings. The molecular weight excluding hydrogens is 595 g/mol. The molecule has 0 radical (unpaired) electrons. The number of phenols is 1. The summed E-state index contributed by atoms with van der Waals surface area (Å²) in [5.41, 5.74) is 2.65. The van der Waals surface area contributed by atoms with Crippen LogP contribution in [0.5, 0.6) is 5.75 Å². The monoisotopic (exact) mass is 626 g/mol. The number of carbonyl (C=O) groups excluding carboxylic acids is 4. The van der Waals surface area contributed by atoms with Gasteiger partial charge < -0.3 is 5.11 Å². The summed E-state index contributed by atoms with van der Waals surface area (Å²) in [4.78, 5) is 59.0. The SMILES string of the molecule is Cc1cc(C2C3=CCC4C(=O)N(Cc5ccccc5)C(=O)C4C3CC3C(=O)N(c4ccc(F)c(Cl)c4)C(=O)C32C)cc(C)c1O. The lowest BCUT2D eigenvalue weighted by Gasteiger charge is -2.49. The van der Waals surface area contributed by atoms with E-state index in [0.717, 1.165) is 27.7 Å². The number of halogens is 2. The van der Waals surface area contributed by atoms with Gasteiger partial charge in [0.05, 0.1) is 40.4 Å². The standard InChI is InChI=1S/C36H32ClFN2O5/c1-18-13-21(14-19(2)31(18)41)30-23-10-11-24-29(34(44)39(32(24)42)17-20-7-5-4-6-8-20)25(23)16-26-33(43)40(35(45)36(26,30)3)22-9-12-28(38)27(37)15-22/h4-10,12-15,24-26,29-30,41H,11,16-17H2,1-3H3. The van der Waals surface area contributed by atoms with Gasteiger partial charge in [-0.2, -0.15) is 0 Å². The van der Waals surface area contributed by atoms with Gasteiger partial charge in [-0.05, 0) is 80.0 Å². The van der Waals surface area contributed by atoms with E-state index in [-0.39, 0.29) is 41.2 Å². The first kappa shape index (κ1) is 29.4. The molecule has 3 fully saturated rings. The summed E-state index contributed by atoms with van der Waals surface area (Å²) in [5.74, 6) is -4.97. The van der Waals surface area contributed by atoms with Gasteiger partial charge in [-0.25, -0.2) is 9.29 Å². The van der Waals surface area contributed by atoms with E-state index in [4.69, 9.17) is 11.6 Å². The molecule has 1 N–H and O–H groups in total. The summed E-state index contributed by atoms with van der Waals surface area (Å²) in [6, 6.07) is 16.8. The number of allylic oxidation sites excluding steroid dienone is 2. The van der Waals surface area contributed by atoms with Crippen molar-refractivity contribution in [1.29, 1.82) is 0 Å². The zero-order valence-electron chi connectivity index (χ0n) is 25.1. The molecule has 230 valence electrons. The van der Waals surface area contributed by atoms with E-state index < -0.39 is 52.6 Å². The predicted octanol–water partition coefficient (Wildman–Crippen LogP) is 6.23. The number of carbonyl (C=O) groups is 4. The van der Waals surface area contributed by atoms with Crippen molar-refractivity contribution in [2.24, 2.45) is 29.1 Å². The van der Waals surface area contributed by atoms with E-state index in [1.54, 1.807) is 20.8 Å². The van der Waals surface area contributed by atoms with Crippen LogP contribution in [0.3, 0.4) is 0 Å². The lowest BCUT2D eigenvalue weighted by molar-refractivity contribution is -0.141. The molecule has 9 heteroatoms. The number of anilines is 1. The zero-order valence-corrected chi connectivity index (χ0v) is 25.8. The number of phenolic OH excluding ortho intramolecular Hbond substituents is 1. The molecule has 7 nitrogen and oxygen atoms in total. The molecule has 45 heavy (non-hydrogen) atoms. The van der Waals surface area contributed by atoms with Crippen molar-refractivity contribution in [3.8, 4) is 5.75 Å². The van der Waals surface area contributed by atoms with E-state index in [0.29, 0.717) is 17.5 Å². The average molecular weight is 627 g/mol. The van der Waals surface area contributed by atoms with Crippen molar-refractivity contribution in [2.75, 3.05) is 4.90 Å². The number of benzene rings is 3. The van der Waals surface area contributed by atoms with Gasteiger partial charge in [0.15, 0.2) is 0 Å². The third kappa shape index (κ3) is 4.22. The second-order valence-corrected chi connectivity index (χ2v) is 13.4. The maximum absolute atomic E-state index is 14.5. The van der Waals surface area contributed by atoms with Crippen molar-refractivity contribution >= 4 is 40.9 Å². The molecule has 2 aliphatic heterocycles. The minimum Gasteiger partial charge on any atom is -0.507 e. The number of hydrogen-bond acceptors (Lipinski definition) is 5. The van der Waals surface area contributed by atoms with E-state index in [9.17, 15) is 28.7 Å². The number of rotatable bonds is 4. The maximum atomic E-state index is 14.5. The highest BCUT2D eigenvalue weighted by molar-refractivity contribution is 6.31. The highest BCUT2D eigenvalue weighted by Gasteiger charge is 2.67. The van der Waals surface area contributed by atoms with Gasteiger partial charge in [-0.15, -0.1) is 0 Å². The Morgan fingerprint density at radius 1 is 0.933 bits per heavy atom. The van der Waals surface area contributed by atoms with Gasteiger partial charge in [0.25, 0.3) is 0 Å². The van der Waals surface area contributed by atoms with Crippen molar-refractivity contribution in [2.45, 2.75) is 46.1 Å². The van der Waals surface area contributed by atoms with Gasteiger partial charge in [-0.3, -0.25) is 24.1 Å². The molecule has 0 spiro atoms. The second-order valence-electron chi connectivity index (χ2n) is 13.0. The molecule has 4 aliphatic rings. The van der Waals surface area contributed by atoms with Crippen LogP contribution in [0.15, 0.2) is 72.3 Å². The fourth-order valence-corrected chi connectivity index (χ4v) is 8.58. The number of aryl methyl sites for hydroxylation is 2. The van der Waals surface area contributed by atoms with Crippen LogP contribution in [0.2, 0.25) is 5.02 Å². The van der Waals surface area contributed by atoms with Crippen LogP contribution in [-0.2, 0) is 25.7 Å². The van der Waals surface area contributed by atoms with Crippen LogP contribution in [0, 0.1) is 48.8 Å². The van der Waals surface area contributed by atoms with Gasteiger partial charge in [0.1, 0.15) is 11.6 Å². The number of aromatic hydroxyl groups is 1. The first-order valence-corrected chi connectivity index (χ1v) is 15.5. The molecule has 6 atom stereocenters. The van der Waals surface area contributed by atoms with Gasteiger partial charge in [0.2, 0.25) is 23.6 Å². The Morgan fingerprint density at radius 2 is 1.62 bits per heavy atom. The summed E-state index contributed by atoms with van der Waals surface area (Å²) in [5, 5.41) is 10.4. The number of fused-ring (bicyclic) bond motifs is 4. The molecular formula is C36H32ClFN2O5. The van der Waals surface area contributed by atoms with Gasteiger partial charge in [0, 0.05) is 5.92 Å². The molecule has 3 aromatic carbocycles. The summed E-state index contributed by atoms with van der Waals surface area (Å²) >= 11 is 6.08. The fraction of sp³-hybridized carbons (Fsp3) is 0.333. The van der Waals surface area contributed by atoms with E-state index in [2.05, 4.69) is 0 Å².